The number of anilines is 4. The van der Waals surface area contributed by atoms with Crippen LogP contribution in [0.1, 0.15) is 13.8 Å². The fraction of sp³-hybridized carbons (Fsp3) is 0.174. The second-order valence-corrected chi connectivity index (χ2v) is 7.50. The number of fused-ring (bicyclic) bond motifs is 1. The third-order valence-electron chi connectivity index (χ3n) is 4.34. The molecule has 0 spiro atoms. The van der Waals surface area contributed by atoms with Gasteiger partial charge in [-0.25, -0.2) is 15.0 Å². The third-order valence-corrected chi connectivity index (χ3v) is 4.78. The SMILES string of the molecule is CCOc1ccc(Nc2nc3cc(Br)cnc3nc2Nc2ccc(OCC)cc2)cc1. The van der Waals surface area contributed by atoms with Crippen LogP contribution in [0.25, 0.3) is 11.2 Å². The summed E-state index contributed by atoms with van der Waals surface area (Å²) in [6, 6.07) is 17.3. The van der Waals surface area contributed by atoms with Crippen molar-refractivity contribution in [3.05, 3.63) is 65.3 Å². The number of hydrogen-bond acceptors (Lipinski definition) is 7. The average Bonchev–Trinajstić information content (AvgIpc) is 2.77. The number of nitrogens with zero attached hydrogens (tertiary/aromatic N) is 3. The number of aromatic nitrogens is 3. The van der Waals surface area contributed by atoms with Gasteiger partial charge < -0.3 is 20.1 Å². The standard InChI is InChI=1S/C23H22BrN5O2/c1-3-30-18-9-5-16(6-10-18)26-22-23(27-17-7-11-19(12-8-17)31-4-2)29-21-20(28-22)13-15(24)14-25-21/h5-14H,3-4H2,1-2H3,(H,26,28)(H,25,27,29). The molecule has 31 heavy (non-hydrogen) atoms. The number of ether oxygens (including phenoxy) is 2. The number of halogens is 1. The van der Waals surface area contributed by atoms with E-state index < -0.39 is 0 Å². The molecule has 2 heterocycles. The van der Waals surface area contributed by atoms with E-state index in [9.17, 15) is 0 Å². The summed E-state index contributed by atoms with van der Waals surface area (Å²) in [6.07, 6.45) is 1.71. The molecule has 0 saturated heterocycles. The number of nitrogens with one attached hydrogen (secondary N) is 2. The summed E-state index contributed by atoms with van der Waals surface area (Å²) in [4.78, 5) is 13.8. The molecular formula is C23H22BrN5O2. The highest BCUT2D eigenvalue weighted by atomic mass is 79.9. The molecule has 8 heteroatoms. The average molecular weight is 480 g/mol. The number of benzene rings is 2. The molecule has 158 valence electrons. The Morgan fingerprint density at radius 2 is 1.29 bits per heavy atom. The molecule has 0 bridgehead atoms. The highest BCUT2D eigenvalue weighted by molar-refractivity contribution is 9.10. The van der Waals surface area contributed by atoms with Gasteiger partial charge in [0.2, 0.25) is 0 Å². The van der Waals surface area contributed by atoms with Crippen LogP contribution in [0.15, 0.2) is 65.3 Å². The van der Waals surface area contributed by atoms with E-state index in [2.05, 4.69) is 36.5 Å². The highest BCUT2D eigenvalue weighted by Gasteiger charge is 2.12. The summed E-state index contributed by atoms with van der Waals surface area (Å²) in [5.41, 5.74) is 2.97. The second-order valence-electron chi connectivity index (χ2n) is 6.58. The molecule has 7 nitrogen and oxygen atoms in total. The van der Waals surface area contributed by atoms with Crippen LogP contribution in [0.3, 0.4) is 0 Å². The zero-order valence-corrected chi connectivity index (χ0v) is 18.8. The molecule has 4 rings (SSSR count). The molecule has 0 aliphatic carbocycles. The van der Waals surface area contributed by atoms with Crippen molar-refractivity contribution in [2.24, 2.45) is 0 Å². The predicted octanol–water partition coefficient (Wildman–Crippen LogP) is 6.07. The van der Waals surface area contributed by atoms with Crippen molar-refractivity contribution in [3.8, 4) is 11.5 Å². The highest BCUT2D eigenvalue weighted by Crippen LogP contribution is 2.29. The van der Waals surface area contributed by atoms with E-state index in [1.54, 1.807) is 6.20 Å². The molecule has 0 atom stereocenters. The van der Waals surface area contributed by atoms with Crippen molar-refractivity contribution in [2.45, 2.75) is 13.8 Å². The second kappa shape index (κ2) is 9.61. The van der Waals surface area contributed by atoms with E-state index in [0.717, 1.165) is 27.3 Å². The van der Waals surface area contributed by atoms with Crippen molar-refractivity contribution < 1.29 is 9.47 Å². The third kappa shape index (κ3) is 5.21. The lowest BCUT2D eigenvalue weighted by Gasteiger charge is -2.14. The van der Waals surface area contributed by atoms with Gasteiger partial charge in [0.15, 0.2) is 17.3 Å². The Labute approximate surface area is 189 Å². The fourth-order valence-corrected chi connectivity index (χ4v) is 3.29. The summed E-state index contributed by atoms with van der Waals surface area (Å²) < 4.78 is 11.9. The Kier molecular flexibility index (Phi) is 6.47. The Bertz CT molecular complexity index is 1170. The molecule has 0 aliphatic rings. The Balaban J connectivity index is 1.67. The van der Waals surface area contributed by atoms with Gasteiger partial charge in [-0.2, -0.15) is 0 Å². The van der Waals surface area contributed by atoms with Crippen molar-refractivity contribution >= 4 is 50.1 Å². The maximum Gasteiger partial charge on any atom is 0.180 e. The molecule has 0 saturated carbocycles. The van der Waals surface area contributed by atoms with Crippen molar-refractivity contribution in [1.29, 1.82) is 0 Å². The minimum Gasteiger partial charge on any atom is -0.494 e. The van der Waals surface area contributed by atoms with Gasteiger partial charge in [-0.15, -0.1) is 0 Å². The number of rotatable bonds is 8. The first-order chi connectivity index (χ1) is 15.1. The van der Waals surface area contributed by atoms with Gasteiger partial charge >= 0.3 is 0 Å². The lowest BCUT2D eigenvalue weighted by molar-refractivity contribution is 0.340. The smallest absolute Gasteiger partial charge is 0.180 e. The first-order valence-electron chi connectivity index (χ1n) is 9.97. The van der Waals surface area contributed by atoms with Gasteiger partial charge in [0.1, 0.15) is 17.0 Å². The largest absolute Gasteiger partial charge is 0.494 e. The molecule has 0 aliphatic heterocycles. The van der Waals surface area contributed by atoms with Gasteiger partial charge in [-0.3, -0.25) is 0 Å². The van der Waals surface area contributed by atoms with Crippen molar-refractivity contribution in [2.75, 3.05) is 23.8 Å². The molecule has 2 aromatic heterocycles. The summed E-state index contributed by atoms with van der Waals surface area (Å²) >= 11 is 3.45. The van der Waals surface area contributed by atoms with E-state index in [0.29, 0.717) is 36.0 Å². The molecule has 2 aromatic carbocycles. The molecular weight excluding hydrogens is 458 g/mol. The van der Waals surface area contributed by atoms with Crippen LogP contribution in [-0.4, -0.2) is 28.2 Å². The summed E-state index contributed by atoms with van der Waals surface area (Å²) in [6.45, 7) is 5.17. The Morgan fingerprint density at radius 3 is 1.81 bits per heavy atom. The minimum atomic E-state index is 0.550. The first-order valence-corrected chi connectivity index (χ1v) is 10.8. The van der Waals surface area contributed by atoms with Gasteiger partial charge in [-0.05, 0) is 84.4 Å². The lowest BCUT2D eigenvalue weighted by Crippen LogP contribution is -2.04. The summed E-state index contributed by atoms with van der Waals surface area (Å²) in [7, 11) is 0. The zero-order chi connectivity index (χ0) is 21.6. The molecule has 0 amide bonds. The molecule has 2 N–H and O–H groups in total. The fourth-order valence-electron chi connectivity index (χ4n) is 2.97. The summed E-state index contributed by atoms with van der Waals surface area (Å²) in [5.74, 6) is 2.79. The van der Waals surface area contributed by atoms with Crippen LogP contribution in [0.2, 0.25) is 0 Å². The van der Waals surface area contributed by atoms with E-state index in [-0.39, 0.29) is 0 Å². The monoisotopic (exact) mass is 479 g/mol. The maximum atomic E-state index is 5.52. The Morgan fingerprint density at radius 1 is 0.774 bits per heavy atom. The van der Waals surface area contributed by atoms with Gasteiger partial charge in [0, 0.05) is 22.0 Å². The van der Waals surface area contributed by atoms with Crippen molar-refractivity contribution in [1.82, 2.24) is 15.0 Å². The van der Waals surface area contributed by atoms with Crippen LogP contribution >= 0.6 is 15.9 Å². The van der Waals surface area contributed by atoms with Crippen LogP contribution in [0, 0.1) is 0 Å². The lowest BCUT2D eigenvalue weighted by atomic mass is 10.3. The van der Waals surface area contributed by atoms with Gasteiger partial charge in [0.25, 0.3) is 0 Å². The number of hydrogen-bond donors (Lipinski definition) is 2. The van der Waals surface area contributed by atoms with E-state index >= 15 is 0 Å². The van der Waals surface area contributed by atoms with Crippen LogP contribution in [0.4, 0.5) is 23.0 Å². The topological polar surface area (TPSA) is 81.2 Å². The molecule has 0 unspecified atom stereocenters. The maximum absolute atomic E-state index is 5.52. The van der Waals surface area contributed by atoms with Gasteiger partial charge in [-0.1, -0.05) is 0 Å². The van der Waals surface area contributed by atoms with Gasteiger partial charge in [0.05, 0.1) is 13.2 Å². The van der Waals surface area contributed by atoms with Crippen LogP contribution < -0.4 is 20.1 Å². The molecule has 4 aromatic rings. The number of pyridine rings is 1. The quantitative estimate of drug-likeness (QED) is 0.317. The first kappa shape index (κ1) is 20.9. The van der Waals surface area contributed by atoms with E-state index in [4.69, 9.17) is 14.5 Å². The molecule has 0 radical (unpaired) electrons. The normalized spacial score (nSPS) is 10.7. The van der Waals surface area contributed by atoms with E-state index in [1.165, 1.54) is 0 Å². The summed E-state index contributed by atoms with van der Waals surface area (Å²) in [5, 5.41) is 6.68. The zero-order valence-electron chi connectivity index (χ0n) is 17.2. The minimum absolute atomic E-state index is 0.550. The predicted molar refractivity (Wildman–Crippen MR) is 127 cm³/mol. The van der Waals surface area contributed by atoms with Crippen LogP contribution in [0.5, 0.6) is 11.5 Å². The van der Waals surface area contributed by atoms with E-state index in [1.807, 2.05) is 68.4 Å². The van der Waals surface area contributed by atoms with Crippen molar-refractivity contribution in [3.63, 3.8) is 0 Å². The molecule has 0 fully saturated rings. The Hall–Kier alpha value is -3.39. The van der Waals surface area contributed by atoms with Crippen LogP contribution in [-0.2, 0) is 0 Å².